The second-order valence-electron chi connectivity index (χ2n) is 5.33. The van der Waals surface area contributed by atoms with Crippen LogP contribution in [0.2, 0.25) is 0 Å². The van der Waals surface area contributed by atoms with E-state index < -0.39 is 55.3 Å². The highest BCUT2D eigenvalue weighted by atomic mass is 16.4. The van der Waals surface area contributed by atoms with E-state index in [9.17, 15) is 24.0 Å². The third-order valence-corrected chi connectivity index (χ3v) is 3.06. The van der Waals surface area contributed by atoms with Gasteiger partial charge in [-0.3, -0.25) is 24.0 Å². The SMILES string of the molecule is NCCCCC(N)C(=O)NCC(=O)NCC(=O)NCC(=O)NCC(=O)O. The molecule has 0 aromatic rings. The normalized spacial score (nSPS) is 11.2. The average molecular weight is 374 g/mol. The fourth-order valence-electron chi connectivity index (χ4n) is 1.66. The van der Waals surface area contributed by atoms with Crippen LogP contribution in [0.3, 0.4) is 0 Å². The van der Waals surface area contributed by atoms with Gasteiger partial charge in [-0.25, -0.2) is 0 Å². The molecule has 12 heteroatoms. The first-order chi connectivity index (χ1) is 12.3. The number of carbonyl (C=O) groups is 5. The molecule has 0 heterocycles. The van der Waals surface area contributed by atoms with Crippen molar-refractivity contribution in [2.75, 3.05) is 32.7 Å². The highest BCUT2D eigenvalue weighted by Gasteiger charge is 2.14. The molecule has 0 saturated heterocycles. The number of carboxylic acids is 1. The van der Waals surface area contributed by atoms with Gasteiger partial charge in [-0.2, -0.15) is 0 Å². The molecule has 0 aromatic heterocycles. The molecule has 0 rings (SSSR count). The topological polar surface area (TPSA) is 206 Å². The summed E-state index contributed by atoms with van der Waals surface area (Å²) in [5, 5.41) is 17.2. The molecule has 9 N–H and O–H groups in total. The zero-order valence-corrected chi connectivity index (χ0v) is 14.4. The number of nitrogens with one attached hydrogen (secondary N) is 4. The largest absolute Gasteiger partial charge is 0.480 e. The molecular formula is C14H26N6O6. The molecule has 0 aliphatic heterocycles. The summed E-state index contributed by atoms with van der Waals surface area (Å²) in [5.41, 5.74) is 11.0. The summed E-state index contributed by atoms with van der Waals surface area (Å²) >= 11 is 0. The molecule has 0 saturated carbocycles. The summed E-state index contributed by atoms with van der Waals surface area (Å²) in [7, 11) is 0. The zero-order valence-electron chi connectivity index (χ0n) is 14.4. The van der Waals surface area contributed by atoms with E-state index in [0.29, 0.717) is 19.4 Å². The van der Waals surface area contributed by atoms with Crippen LogP contribution < -0.4 is 32.7 Å². The van der Waals surface area contributed by atoms with Gasteiger partial charge in [-0.05, 0) is 19.4 Å². The third kappa shape index (κ3) is 12.7. The molecule has 12 nitrogen and oxygen atoms in total. The van der Waals surface area contributed by atoms with Crippen LogP contribution in [0.1, 0.15) is 19.3 Å². The molecule has 0 bridgehead atoms. The Morgan fingerprint density at radius 3 is 1.69 bits per heavy atom. The molecule has 0 radical (unpaired) electrons. The maximum absolute atomic E-state index is 11.7. The molecule has 0 aliphatic rings. The fraction of sp³-hybridized carbons (Fsp3) is 0.643. The molecule has 0 fully saturated rings. The van der Waals surface area contributed by atoms with Crippen LogP contribution in [-0.2, 0) is 24.0 Å². The van der Waals surface area contributed by atoms with Gasteiger partial charge in [0.2, 0.25) is 23.6 Å². The smallest absolute Gasteiger partial charge is 0.322 e. The van der Waals surface area contributed by atoms with E-state index in [1.54, 1.807) is 0 Å². The van der Waals surface area contributed by atoms with E-state index in [0.717, 1.165) is 6.42 Å². The lowest BCUT2D eigenvalue weighted by Gasteiger charge is -2.12. The summed E-state index contributed by atoms with van der Waals surface area (Å²) < 4.78 is 0. The Kier molecular flexibility index (Phi) is 12.1. The van der Waals surface area contributed by atoms with E-state index in [1.165, 1.54) is 0 Å². The minimum atomic E-state index is -1.21. The molecule has 1 unspecified atom stereocenters. The second-order valence-corrected chi connectivity index (χ2v) is 5.33. The lowest BCUT2D eigenvalue weighted by Crippen LogP contribution is -2.47. The van der Waals surface area contributed by atoms with Crippen LogP contribution in [-0.4, -0.2) is 73.5 Å². The van der Waals surface area contributed by atoms with E-state index in [2.05, 4.69) is 21.3 Å². The van der Waals surface area contributed by atoms with Crippen LogP contribution in [0, 0.1) is 0 Å². The average Bonchev–Trinajstić information content (AvgIpc) is 2.60. The summed E-state index contributed by atoms with van der Waals surface area (Å²) in [4.78, 5) is 56.1. The minimum absolute atomic E-state index is 0.338. The number of aliphatic carboxylic acids is 1. The van der Waals surface area contributed by atoms with Crippen molar-refractivity contribution in [1.82, 2.24) is 21.3 Å². The summed E-state index contributed by atoms with van der Waals surface area (Å²) in [6, 6.07) is -0.734. The molecule has 0 aromatic carbocycles. The van der Waals surface area contributed by atoms with Crippen LogP contribution in [0.4, 0.5) is 0 Å². The van der Waals surface area contributed by atoms with Crippen LogP contribution in [0.5, 0.6) is 0 Å². The number of hydrogen-bond acceptors (Lipinski definition) is 7. The van der Waals surface area contributed by atoms with Gasteiger partial charge >= 0.3 is 5.97 Å². The van der Waals surface area contributed by atoms with Gasteiger partial charge in [0, 0.05) is 0 Å². The fourth-order valence-corrected chi connectivity index (χ4v) is 1.66. The lowest BCUT2D eigenvalue weighted by molar-refractivity contribution is -0.137. The molecule has 0 aliphatic carbocycles. The predicted molar refractivity (Wildman–Crippen MR) is 90.6 cm³/mol. The van der Waals surface area contributed by atoms with Crippen LogP contribution in [0.15, 0.2) is 0 Å². The van der Waals surface area contributed by atoms with Crippen molar-refractivity contribution in [3.05, 3.63) is 0 Å². The highest BCUT2D eigenvalue weighted by Crippen LogP contribution is 1.97. The maximum Gasteiger partial charge on any atom is 0.322 e. The third-order valence-electron chi connectivity index (χ3n) is 3.06. The van der Waals surface area contributed by atoms with E-state index in [-0.39, 0.29) is 6.54 Å². The second kappa shape index (κ2) is 13.5. The number of nitrogens with two attached hydrogens (primary N) is 2. The molecule has 0 spiro atoms. The van der Waals surface area contributed by atoms with Crippen molar-refractivity contribution in [3.63, 3.8) is 0 Å². The number of unbranched alkanes of at least 4 members (excludes halogenated alkanes) is 1. The minimum Gasteiger partial charge on any atom is -0.480 e. The number of hydrogen-bond donors (Lipinski definition) is 7. The standard InChI is InChI=1S/C14H26N6O6/c15-4-2-1-3-9(16)14(26)20-7-12(23)18-5-10(21)17-6-11(22)19-8-13(24)25/h9H,1-8,15-16H2,(H,17,21)(H,18,23)(H,19,22)(H,20,26)(H,24,25). The first-order valence-electron chi connectivity index (χ1n) is 8.01. The number of carboxylic acid groups (broad SMARTS) is 1. The molecular weight excluding hydrogens is 348 g/mol. The highest BCUT2D eigenvalue weighted by molar-refractivity contribution is 5.91. The Labute approximate surface area is 150 Å². The monoisotopic (exact) mass is 374 g/mol. The maximum atomic E-state index is 11.7. The Bertz CT molecular complexity index is 512. The lowest BCUT2D eigenvalue weighted by atomic mass is 10.1. The molecule has 148 valence electrons. The van der Waals surface area contributed by atoms with Crippen molar-refractivity contribution in [2.24, 2.45) is 11.5 Å². The molecule has 4 amide bonds. The van der Waals surface area contributed by atoms with Gasteiger partial charge in [0.05, 0.1) is 25.7 Å². The van der Waals surface area contributed by atoms with Crippen molar-refractivity contribution >= 4 is 29.6 Å². The van der Waals surface area contributed by atoms with Crippen molar-refractivity contribution in [2.45, 2.75) is 25.3 Å². The van der Waals surface area contributed by atoms with Gasteiger partial charge in [0.15, 0.2) is 0 Å². The summed E-state index contributed by atoms with van der Waals surface area (Å²) in [6.45, 7) is -1.20. The van der Waals surface area contributed by atoms with E-state index in [4.69, 9.17) is 16.6 Å². The van der Waals surface area contributed by atoms with Gasteiger partial charge in [-0.1, -0.05) is 6.42 Å². The van der Waals surface area contributed by atoms with Crippen LogP contribution in [0.25, 0.3) is 0 Å². The molecule has 26 heavy (non-hydrogen) atoms. The van der Waals surface area contributed by atoms with E-state index in [1.807, 2.05) is 0 Å². The van der Waals surface area contributed by atoms with Gasteiger partial charge in [-0.15, -0.1) is 0 Å². The van der Waals surface area contributed by atoms with Gasteiger partial charge in [0.25, 0.3) is 0 Å². The van der Waals surface area contributed by atoms with Gasteiger partial charge in [0.1, 0.15) is 6.54 Å². The first-order valence-corrected chi connectivity index (χ1v) is 8.01. The Hall–Kier alpha value is -2.73. The van der Waals surface area contributed by atoms with Crippen molar-refractivity contribution < 1.29 is 29.1 Å². The summed E-state index contributed by atoms with van der Waals surface area (Å²) in [6.07, 6.45) is 1.92. The Morgan fingerprint density at radius 2 is 1.23 bits per heavy atom. The number of carbonyl (C=O) groups excluding carboxylic acids is 4. The Morgan fingerprint density at radius 1 is 0.769 bits per heavy atom. The zero-order chi connectivity index (χ0) is 19.9. The summed E-state index contributed by atoms with van der Waals surface area (Å²) in [5.74, 6) is -3.61. The quantitative estimate of drug-likeness (QED) is 0.158. The van der Waals surface area contributed by atoms with Crippen molar-refractivity contribution in [1.29, 1.82) is 0 Å². The van der Waals surface area contributed by atoms with E-state index >= 15 is 0 Å². The van der Waals surface area contributed by atoms with Crippen LogP contribution >= 0.6 is 0 Å². The van der Waals surface area contributed by atoms with Crippen molar-refractivity contribution in [3.8, 4) is 0 Å². The number of amides is 4. The van der Waals surface area contributed by atoms with Gasteiger partial charge < -0.3 is 37.8 Å². The first kappa shape index (κ1) is 23.3. The predicted octanol–water partition coefficient (Wildman–Crippen LogP) is -4.01. The molecule has 1 atom stereocenters. The Balaban J connectivity index is 3.86. The number of rotatable bonds is 13.